The Balaban J connectivity index is 1.61. The van der Waals surface area contributed by atoms with Gasteiger partial charge in [-0.2, -0.15) is 13.2 Å². The van der Waals surface area contributed by atoms with Crippen LogP contribution in [0.15, 0.2) is 59.4 Å². The van der Waals surface area contributed by atoms with Gasteiger partial charge in [-0.25, -0.2) is 0 Å². The molecule has 2 aromatic carbocycles. The summed E-state index contributed by atoms with van der Waals surface area (Å²) < 4.78 is 48.8. The van der Waals surface area contributed by atoms with Crippen LogP contribution in [0.2, 0.25) is 0 Å². The molecule has 28 heavy (non-hydrogen) atoms. The molecule has 1 heterocycles. The van der Waals surface area contributed by atoms with E-state index in [2.05, 4.69) is 4.98 Å². The van der Waals surface area contributed by atoms with Crippen LogP contribution in [-0.2, 0) is 12.8 Å². The van der Waals surface area contributed by atoms with Crippen molar-refractivity contribution in [2.24, 2.45) is 0 Å². The number of benzene rings is 2. The summed E-state index contributed by atoms with van der Waals surface area (Å²) >= 11 is 0. The van der Waals surface area contributed by atoms with Crippen LogP contribution in [0.25, 0.3) is 0 Å². The maximum Gasteiger partial charge on any atom is 0.416 e. The largest absolute Gasteiger partial charge is 0.503 e. The Kier molecular flexibility index (Phi) is 5.30. The molecule has 0 aliphatic rings. The van der Waals surface area contributed by atoms with Gasteiger partial charge in [-0.15, -0.1) is 0 Å². The summed E-state index contributed by atoms with van der Waals surface area (Å²) in [5.74, 6) is 0.889. The summed E-state index contributed by atoms with van der Waals surface area (Å²) in [4.78, 5) is 14.0. The van der Waals surface area contributed by atoms with Crippen molar-refractivity contribution in [2.45, 2.75) is 19.7 Å². The van der Waals surface area contributed by atoms with Crippen LogP contribution in [0.5, 0.6) is 23.0 Å². The predicted octanol–water partition coefficient (Wildman–Crippen LogP) is 4.78. The van der Waals surface area contributed by atoms with Crippen molar-refractivity contribution < 1.29 is 27.8 Å². The lowest BCUT2D eigenvalue weighted by atomic mass is 10.2. The second kappa shape index (κ2) is 7.67. The number of pyridine rings is 1. The van der Waals surface area contributed by atoms with E-state index in [4.69, 9.17) is 9.47 Å². The zero-order chi connectivity index (χ0) is 20.3. The molecule has 0 aliphatic heterocycles. The van der Waals surface area contributed by atoms with Crippen molar-refractivity contribution >= 4 is 0 Å². The summed E-state index contributed by atoms with van der Waals surface area (Å²) in [7, 11) is 0. The number of aromatic hydroxyl groups is 1. The molecule has 0 fully saturated rings. The van der Waals surface area contributed by atoms with Crippen LogP contribution < -0.4 is 15.0 Å². The molecule has 5 nitrogen and oxygen atoms in total. The molecule has 0 radical (unpaired) electrons. The van der Waals surface area contributed by atoms with Crippen LogP contribution in [0.4, 0.5) is 13.2 Å². The quantitative estimate of drug-likeness (QED) is 0.657. The normalized spacial score (nSPS) is 11.3. The number of nitrogens with one attached hydrogen (secondary N) is 1. The summed E-state index contributed by atoms with van der Waals surface area (Å²) in [6.07, 6.45) is -4.39. The molecule has 3 aromatic rings. The van der Waals surface area contributed by atoms with Crippen LogP contribution in [-0.4, -0.2) is 10.1 Å². The van der Waals surface area contributed by atoms with Gasteiger partial charge in [-0.1, -0.05) is 0 Å². The third-order valence-corrected chi connectivity index (χ3v) is 3.89. The first kappa shape index (κ1) is 19.3. The number of alkyl halides is 3. The molecule has 0 aliphatic carbocycles. The molecular weight excluding hydrogens is 375 g/mol. The van der Waals surface area contributed by atoms with Crippen LogP contribution in [0, 0.1) is 6.92 Å². The van der Waals surface area contributed by atoms with E-state index in [9.17, 15) is 23.1 Å². The number of ether oxygens (including phenoxy) is 2. The average Bonchev–Trinajstić information content (AvgIpc) is 2.65. The van der Waals surface area contributed by atoms with E-state index < -0.39 is 17.3 Å². The van der Waals surface area contributed by atoms with Crippen LogP contribution in [0.3, 0.4) is 0 Å². The minimum Gasteiger partial charge on any atom is -0.503 e. The first-order valence-corrected chi connectivity index (χ1v) is 8.22. The highest BCUT2D eigenvalue weighted by molar-refractivity contribution is 5.37. The molecule has 0 saturated carbocycles. The van der Waals surface area contributed by atoms with Crippen molar-refractivity contribution in [1.29, 1.82) is 0 Å². The van der Waals surface area contributed by atoms with Gasteiger partial charge in [0, 0.05) is 0 Å². The molecule has 0 amide bonds. The standard InChI is InChI=1S/C20H16F3NO4/c1-12-10-14(24-19(26)18(12)25)11-27-15-6-8-17(9-7-15)28-16-4-2-13(3-5-16)20(21,22)23/h2-10,25H,11H2,1H3,(H,24,26). The number of hydrogen-bond acceptors (Lipinski definition) is 4. The monoisotopic (exact) mass is 391 g/mol. The number of aromatic amines is 1. The minimum absolute atomic E-state index is 0.0927. The maximum absolute atomic E-state index is 12.6. The Hall–Kier alpha value is -3.42. The number of hydrogen-bond donors (Lipinski definition) is 2. The Labute approximate surface area is 158 Å². The molecule has 0 saturated heterocycles. The van der Waals surface area contributed by atoms with Crippen molar-refractivity contribution in [3.8, 4) is 23.0 Å². The lowest BCUT2D eigenvalue weighted by Gasteiger charge is -2.10. The molecule has 0 unspecified atom stereocenters. The fourth-order valence-electron chi connectivity index (χ4n) is 2.44. The fraction of sp³-hybridized carbons (Fsp3) is 0.150. The third kappa shape index (κ3) is 4.64. The number of H-pyrrole nitrogens is 1. The van der Waals surface area contributed by atoms with E-state index in [0.29, 0.717) is 22.8 Å². The summed E-state index contributed by atoms with van der Waals surface area (Å²) in [5.41, 5.74) is -0.377. The summed E-state index contributed by atoms with van der Waals surface area (Å²) in [6.45, 7) is 1.71. The zero-order valence-corrected chi connectivity index (χ0v) is 14.7. The van der Waals surface area contributed by atoms with Crippen molar-refractivity contribution in [1.82, 2.24) is 4.98 Å². The van der Waals surface area contributed by atoms with Crippen molar-refractivity contribution in [2.75, 3.05) is 0 Å². The lowest BCUT2D eigenvalue weighted by molar-refractivity contribution is -0.137. The van der Waals surface area contributed by atoms with E-state index >= 15 is 0 Å². The van der Waals surface area contributed by atoms with Gasteiger partial charge in [0.2, 0.25) is 0 Å². The molecule has 8 heteroatoms. The molecule has 0 atom stereocenters. The van der Waals surface area contributed by atoms with Gasteiger partial charge >= 0.3 is 6.18 Å². The van der Waals surface area contributed by atoms with Gasteiger partial charge in [-0.05, 0) is 67.1 Å². The number of aryl methyl sites for hydroxylation is 1. The van der Waals surface area contributed by atoms with Crippen molar-refractivity contribution in [3.63, 3.8) is 0 Å². The van der Waals surface area contributed by atoms with Crippen molar-refractivity contribution in [3.05, 3.63) is 81.8 Å². The second-order valence-corrected chi connectivity index (χ2v) is 6.04. The lowest BCUT2D eigenvalue weighted by Crippen LogP contribution is -2.11. The Morgan fingerprint density at radius 3 is 2.04 bits per heavy atom. The van der Waals surface area contributed by atoms with Gasteiger partial charge in [-0.3, -0.25) is 4.79 Å². The second-order valence-electron chi connectivity index (χ2n) is 6.04. The molecule has 2 N–H and O–H groups in total. The number of rotatable bonds is 5. The molecule has 1 aromatic heterocycles. The number of halogens is 3. The molecule has 146 valence electrons. The van der Waals surface area contributed by atoms with Gasteiger partial charge in [0.05, 0.1) is 11.3 Å². The van der Waals surface area contributed by atoms with Gasteiger partial charge in [0.15, 0.2) is 5.75 Å². The van der Waals surface area contributed by atoms with E-state index in [0.717, 1.165) is 12.1 Å². The Morgan fingerprint density at radius 2 is 1.50 bits per heavy atom. The van der Waals surface area contributed by atoms with Crippen LogP contribution in [0.1, 0.15) is 16.8 Å². The first-order valence-electron chi connectivity index (χ1n) is 8.22. The average molecular weight is 391 g/mol. The highest BCUT2D eigenvalue weighted by Crippen LogP contribution is 2.31. The summed E-state index contributed by atoms with van der Waals surface area (Å²) in [5, 5.41) is 9.47. The maximum atomic E-state index is 12.6. The summed E-state index contributed by atoms with van der Waals surface area (Å²) in [6, 6.07) is 12.5. The van der Waals surface area contributed by atoms with E-state index in [-0.39, 0.29) is 18.1 Å². The highest BCUT2D eigenvalue weighted by Gasteiger charge is 2.30. The predicted molar refractivity (Wildman–Crippen MR) is 95.8 cm³/mol. The SMILES string of the molecule is Cc1cc(COc2ccc(Oc3ccc(C(F)(F)F)cc3)cc2)[nH]c(=O)c1O. The van der Waals surface area contributed by atoms with Crippen LogP contribution >= 0.6 is 0 Å². The Morgan fingerprint density at radius 1 is 0.964 bits per heavy atom. The van der Waals surface area contributed by atoms with E-state index in [1.54, 1.807) is 37.3 Å². The molecule has 0 spiro atoms. The topological polar surface area (TPSA) is 71.5 Å². The minimum atomic E-state index is -4.39. The third-order valence-electron chi connectivity index (χ3n) is 3.89. The van der Waals surface area contributed by atoms with E-state index in [1.807, 2.05) is 0 Å². The zero-order valence-electron chi connectivity index (χ0n) is 14.7. The van der Waals surface area contributed by atoms with Gasteiger partial charge < -0.3 is 19.6 Å². The Bertz CT molecular complexity index is 1010. The van der Waals surface area contributed by atoms with Gasteiger partial charge in [0.25, 0.3) is 5.56 Å². The molecular formula is C20H16F3NO4. The number of aromatic nitrogens is 1. The van der Waals surface area contributed by atoms with E-state index in [1.165, 1.54) is 12.1 Å². The van der Waals surface area contributed by atoms with Gasteiger partial charge in [0.1, 0.15) is 23.9 Å². The fourth-order valence-corrected chi connectivity index (χ4v) is 2.44. The smallest absolute Gasteiger partial charge is 0.416 e. The molecule has 3 rings (SSSR count). The molecule has 0 bridgehead atoms. The highest BCUT2D eigenvalue weighted by atomic mass is 19.4. The first-order chi connectivity index (χ1) is 13.2.